The maximum atomic E-state index is 10.2. The number of ether oxygens (including phenoxy) is 6. The van der Waals surface area contributed by atoms with Gasteiger partial charge in [0.1, 0.15) is 28.9 Å². The fraction of sp³-hybridized carbons (Fsp3) is 0.143. The second-order valence-corrected chi connectivity index (χ2v) is 9.08. The van der Waals surface area contributed by atoms with Gasteiger partial charge in [0.25, 0.3) is 0 Å². The number of methoxy groups -OCH3 is 2. The minimum atomic E-state index is 0.138. The predicted octanol–water partition coefficient (Wildman–Crippen LogP) is 6.47. The number of hydrogen-bond donors (Lipinski definition) is 0. The van der Waals surface area contributed by atoms with E-state index in [4.69, 9.17) is 32.8 Å². The Morgan fingerprint density at radius 2 is 1.47 bits per heavy atom. The SMILES string of the molecule is COc1cc(OC)c(C=Nc2oc(-c3ccc4c(c3)OCO4)c(-c3ccc4c(c3)OCO4)c2C#N)cc1Br. The average molecular weight is 575 g/mol. The molecule has 0 atom stereocenters. The standard InChI is InChI=1S/C28H19BrN2O7/c1-32-22-10-23(33-2)19(29)7-17(22)12-31-28-18(11-30)26(15-3-5-20-24(8-15)36-13-34-20)27(38-28)16-4-6-21-25(9-16)37-14-35-21/h3-10,12H,13-14H2,1-2H3. The molecule has 10 heteroatoms. The highest BCUT2D eigenvalue weighted by Crippen LogP contribution is 2.47. The number of nitriles is 1. The zero-order chi connectivity index (χ0) is 26.2. The van der Waals surface area contributed by atoms with Gasteiger partial charge in [0.2, 0.25) is 19.5 Å². The fourth-order valence-electron chi connectivity index (χ4n) is 4.29. The summed E-state index contributed by atoms with van der Waals surface area (Å²) in [6, 6.07) is 16.8. The summed E-state index contributed by atoms with van der Waals surface area (Å²) >= 11 is 3.49. The molecule has 0 radical (unpaired) electrons. The summed E-state index contributed by atoms with van der Waals surface area (Å²) in [4.78, 5) is 4.56. The highest BCUT2D eigenvalue weighted by Gasteiger charge is 2.26. The normalized spacial score (nSPS) is 13.1. The van der Waals surface area contributed by atoms with Crippen molar-refractivity contribution in [2.24, 2.45) is 4.99 Å². The van der Waals surface area contributed by atoms with E-state index < -0.39 is 0 Å². The van der Waals surface area contributed by atoms with Crippen LogP contribution in [0.25, 0.3) is 22.5 Å². The Balaban J connectivity index is 1.51. The monoisotopic (exact) mass is 574 g/mol. The molecule has 38 heavy (non-hydrogen) atoms. The van der Waals surface area contributed by atoms with Gasteiger partial charge in [0, 0.05) is 29.0 Å². The Bertz CT molecular complexity index is 1640. The highest BCUT2D eigenvalue weighted by atomic mass is 79.9. The first-order valence-corrected chi connectivity index (χ1v) is 12.2. The van der Waals surface area contributed by atoms with Crippen molar-refractivity contribution in [1.29, 1.82) is 5.26 Å². The molecule has 9 nitrogen and oxygen atoms in total. The van der Waals surface area contributed by atoms with E-state index in [0.717, 1.165) is 4.47 Å². The molecule has 0 unspecified atom stereocenters. The minimum Gasteiger partial charge on any atom is -0.496 e. The van der Waals surface area contributed by atoms with Gasteiger partial charge in [0.05, 0.1) is 18.7 Å². The van der Waals surface area contributed by atoms with Crippen LogP contribution in [0.15, 0.2) is 62.4 Å². The third kappa shape index (κ3) is 4.07. The number of rotatable bonds is 6. The van der Waals surface area contributed by atoms with E-state index in [1.165, 1.54) is 0 Å². The van der Waals surface area contributed by atoms with E-state index in [9.17, 15) is 5.26 Å². The van der Waals surface area contributed by atoms with Crippen molar-refractivity contribution < 1.29 is 32.8 Å². The quantitative estimate of drug-likeness (QED) is 0.241. The summed E-state index contributed by atoms with van der Waals surface area (Å²) in [6.07, 6.45) is 1.58. The summed E-state index contributed by atoms with van der Waals surface area (Å²) < 4.78 is 39.9. The second kappa shape index (κ2) is 9.68. The predicted molar refractivity (Wildman–Crippen MR) is 141 cm³/mol. The minimum absolute atomic E-state index is 0.138. The van der Waals surface area contributed by atoms with Crippen molar-refractivity contribution in [3.05, 3.63) is 64.1 Å². The number of halogens is 1. The van der Waals surface area contributed by atoms with Crippen LogP contribution >= 0.6 is 15.9 Å². The van der Waals surface area contributed by atoms with Crippen molar-refractivity contribution >= 4 is 28.0 Å². The Hall–Kier alpha value is -4.62. The van der Waals surface area contributed by atoms with Crippen LogP contribution in [0, 0.1) is 11.3 Å². The van der Waals surface area contributed by atoms with Crippen molar-refractivity contribution in [3.63, 3.8) is 0 Å². The first-order valence-electron chi connectivity index (χ1n) is 11.4. The summed E-state index contributed by atoms with van der Waals surface area (Å²) in [5, 5.41) is 10.2. The largest absolute Gasteiger partial charge is 0.496 e. The lowest BCUT2D eigenvalue weighted by Gasteiger charge is -2.09. The number of hydrogen-bond acceptors (Lipinski definition) is 9. The molecule has 190 valence electrons. The van der Waals surface area contributed by atoms with Crippen molar-refractivity contribution in [3.8, 4) is 63.0 Å². The Labute approximate surface area is 225 Å². The molecule has 6 rings (SSSR count). The number of nitrogens with zero attached hydrogens (tertiary/aromatic N) is 2. The van der Waals surface area contributed by atoms with E-state index in [1.54, 1.807) is 38.6 Å². The molecule has 2 aliphatic rings. The molecule has 1 aromatic heterocycles. The van der Waals surface area contributed by atoms with Crippen molar-refractivity contribution in [2.45, 2.75) is 0 Å². The fourth-order valence-corrected chi connectivity index (χ4v) is 4.82. The summed E-state index contributed by atoms with van der Waals surface area (Å²) in [6.45, 7) is 0.281. The van der Waals surface area contributed by atoms with Gasteiger partial charge in [-0.15, -0.1) is 0 Å². The van der Waals surface area contributed by atoms with Crippen LogP contribution in [0.5, 0.6) is 34.5 Å². The van der Waals surface area contributed by atoms with E-state index in [-0.39, 0.29) is 25.0 Å². The van der Waals surface area contributed by atoms with Gasteiger partial charge in [-0.05, 0) is 57.9 Å². The molecule has 0 amide bonds. The molecular weight excluding hydrogens is 556 g/mol. The molecule has 2 aliphatic heterocycles. The van der Waals surface area contributed by atoms with Gasteiger partial charge in [-0.25, -0.2) is 4.99 Å². The lowest BCUT2D eigenvalue weighted by atomic mass is 9.97. The smallest absolute Gasteiger partial charge is 0.238 e. The molecule has 0 spiro atoms. The first kappa shape index (κ1) is 23.8. The van der Waals surface area contributed by atoms with Gasteiger partial charge in [-0.3, -0.25) is 0 Å². The van der Waals surface area contributed by atoms with Crippen LogP contribution < -0.4 is 28.4 Å². The molecule has 0 fully saturated rings. The maximum Gasteiger partial charge on any atom is 0.238 e. The number of benzene rings is 3. The molecular formula is C28H19BrN2O7. The van der Waals surface area contributed by atoms with E-state index >= 15 is 0 Å². The topological polar surface area (TPSA) is 105 Å². The van der Waals surface area contributed by atoms with E-state index in [0.29, 0.717) is 62.5 Å². The van der Waals surface area contributed by atoms with Gasteiger partial charge in [-0.2, -0.15) is 5.26 Å². The highest BCUT2D eigenvalue weighted by molar-refractivity contribution is 9.10. The molecule has 0 saturated heterocycles. The molecule has 0 bridgehead atoms. The first-order chi connectivity index (χ1) is 18.6. The lowest BCUT2D eigenvalue weighted by molar-refractivity contribution is 0.173. The van der Waals surface area contributed by atoms with Crippen molar-refractivity contribution in [2.75, 3.05) is 27.8 Å². The van der Waals surface area contributed by atoms with Gasteiger partial charge < -0.3 is 32.8 Å². The third-order valence-corrected chi connectivity index (χ3v) is 6.74. The van der Waals surface area contributed by atoms with Gasteiger partial charge in [0.15, 0.2) is 23.0 Å². The molecule has 4 aromatic rings. The molecule has 3 heterocycles. The van der Waals surface area contributed by atoms with E-state index in [1.807, 2.05) is 30.3 Å². The molecule has 3 aromatic carbocycles. The van der Waals surface area contributed by atoms with Crippen LogP contribution in [-0.2, 0) is 0 Å². The summed E-state index contributed by atoms with van der Waals surface area (Å²) in [5.41, 5.74) is 2.91. The Morgan fingerprint density at radius 1 is 0.842 bits per heavy atom. The summed E-state index contributed by atoms with van der Waals surface area (Å²) in [5.74, 6) is 4.21. The van der Waals surface area contributed by atoms with Gasteiger partial charge >= 0.3 is 0 Å². The number of aliphatic imine (C=N–C) groups is 1. The van der Waals surface area contributed by atoms with Crippen LogP contribution in [0.3, 0.4) is 0 Å². The van der Waals surface area contributed by atoms with Crippen LogP contribution in [0.1, 0.15) is 11.1 Å². The van der Waals surface area contributed by atoms with Crippen LogP contribution in [-0.4, -0.2) is 34.0 Å². The molecule has 0 saturated carbocycles. The summed E-state index contributed by atoms with van der Waals surface area (Å²) in [7, 11) is 3.13. The molecule has 0 aliphatic carbocycles. The third-order valence-electron chi connectivity index (χ3n) is 6.12. The lowest BCUT2D eigenvalue weighted by Crippen LogP contribution is -1.94. The maximum absolute atomic E-state index is 10.2. The molecule has 0 N–H and O–H groups in total. The van der Waals surface area contributed by atoms with Crippen LogP contribution in [0.2, 0.25) is 0 Å². The zero-order valence-corrected chi connectivity index (χ0v) is 21.8. The van der Waals surface area contributed by atoms with Gasteiger partial charge in [-0.1, -0.05) is 6.07 Å². The number of fused-ring (bicyclic) bond motifs is 2. The van der Waals surface area contributed by atoms with E-state index in [2.05, 4.69) is 27.0 Å². The number of furan rings is 1. The average Bonchev–Trinajstić information content (AvgIpc) is 3.68. The van der Waals surface area contributed by atoms with Crippen LogP contribution in [0.4, 0.5) is 5.88 Å². The Morgan fingerprint density at radius 3 is 2.13 bits per heavy atom. The Kier molecular flexibility index (Phi) is 6.05. The van der Waals surface area contributed by atoms with Crippen molar-refractivity contribution in [1.82, 2.24) is 0 Å². The zero-order valence-electron chi connectivity index (χ0n) is 20.2. The second-order valence-electron chi connectivity index (χ2n) is 8.22.